The van der Waals surface area contributed by atoms with Crippen molar-refractivity contribution in [1.29, 1.82) is 0 Å². The van der Waals surface area contributed by atoms with E-state index in [1.165, 1.54) is 25.7 Å². The van der Waals surface area contributed by atoms with E-state index in [-0.39, 0.29) is 11.8 Å². The van der Waals surface area contributed by atoms with Gasteiger partial charge in [0.25, 0.3) is 0 Å². The number of nitrogens with zero attached hydrogens (tertiary/aromatic N) is 4. The molecule has 0 radical (unpaired) electrons. The van der Waals surface area contributed by atoms with Crippen molar-refractivity contribution < 1.29 is 9.59 Å². The van der Waals surface area contributed by atoms with Crippen LogP contribution in [0.3, 0.4) is 0 Å². The first-order valence-corrected chi connectivity index (χ1v) is 10.5. The van der Waals surface area contributed by atoms with Crippen molar-refractivity contribution in [2.24, 2.45) is 17.8 Å². The zero-order chi connectivity index (χ0) is 18.5. The zero-order valence-corrected chi connectivity index (χ0v) is 16.1. The molecule has 1 aromatic rings. The molecule has 2 aliphatic heterocycles. The number of carbonyl (C=O) groups excluding carboxylic acids is 2. The van der Waals surface area contributed by atoms with Crippen LogP contribution in [0.5, 0.6) is 0 Å². The Balaban J connectivity index is 1.26. The molecule has 3 atom stereocenters. The molecule has 0 spiro atoms. The van der Waals surface area contributed by atoms with Crippen molar-refractivity contribution >= 4 is 11.8 Å². The topological polar surface area (TPSA) is 66.4 Å². The summed E-state index contributed by atoms with van der Waals surface area (Å²) in [6, 6.07) is 0. The van der Waals surface area contributed by atoms with Gasteiger partial charge in [-0.15, -0.1) is 0 Å². The number of carbonyl (C=O) groups is 2. The van der Waals surface area contributed by atoms with Crippen molar-refractivity contribution in [3.8, 4) is 0 Å². The normalized spacial score (nSPS) is 32.0. The van der Waals surface area contributed by atoms with Crippen LogP contribution >= 0.6 is 0 Å². The lowest BCUT2D eigenvalue weighted by Crippen LogP contribution is -2.38. The van der Waals surface area contributed by atoms with Crippen LogP contribution in [0.4, 0.5) is 0 Å². The Morgan fingerprint density at radius 3 is 2.56 bits per heavy atom. The molecule has 4 aliphatic rings. The SMILES string of the molecule is CC(=O)N1CC[C@H](c2ncc3c(n2)CCN(C(=O)C2[C@@H]4CCCC[C@@H]24)C3)C1. The van der Waals surface area contributed by atoms with E-state index in [9.17, 15) is 9.59 Å². The van der Waals surface area contributed by atoms with Gasteiger partial charge in [0, 0.05) is 63.1 Å². The van der Waals surface area contributed by atoms with E-state index in [1.54, 1.807) is 6.92 Å². The maximum atomic E-state index is 13.0. The van der Waals surface area contributed by atoms with E-state index in [0.717, 1.165) is 49.6 Å². The van der Waals surface area contributed by atoms with Gasteiger partial charge in [-0.05, 0) is 31.1 Å². The summed E-state index contributed by atoms with van der Waals surface area (Å²) < 4.78 is 0. The highest BCUT2D eigenvalue weighted by Gasteiger charge is 2.55. The molecule has 2 aliphatic carbocycles. The lowest BCUT2D eigenvalue weighted by molar-refractivity contribution is -0.134. The maximum absolute atomic E-state index is 13.0. The lowest BCUT2D eigenvalue weighted by Gasteiger charge is -2.29. The van der Waals surface area contributed by atoms with Crippen molar-refractivity contribution in [3.05, 3.63) is 23.3 Å². The van der Waals surface area contributed by atoms with E-state index >= 15 is 0 Å². The zero-order valence-electron chi connectivity index (χ0n) is 16.1. The third kappa shape index (κ3) is 3.03. The molecule has 3 heterocycles. The molecule has 1 saturated heterocycles. The number of hydrogen-bond donors (Lipinski definition) is 0. The Hall–Kier alpha value is -1.98. The van der Waals surface area contributed by atoms with E-state index in [4.69, 9.17) is 4.98 Å². The van der Waals surface area contributed by atoms with Crippen LogP contribution in [0, 0.1) is 17.8 Å². The minimum absolute atomic E-state index is 0.130. The van der Waals surface area contributed by atoms with Crippen LogP contribution in [0.15, 0.2) is 6.20 Å². The average Bonchev–Trinajstić information content (AvgIpc) is 3.19. The predicted octanol–water partition coefficient (Wildman–Crippen LogP) is 2.13. The van der Waals surface area contributed by atoms with Gasteiger partial charge in [-0.2, -0.15) is 0 Å². The molecule has 0 unspecified atom stereocenters. The number of aromatic nitrogens is 2. The Labute approximate surface area is 160 Å². The fourth-order valence-electron chi connectivity index (χ4n) is 5.54. The second kappa shape index (κ2) is 6.57. The Morgan fingerprint density at radius 2 is 1.85 bits per heavy atom. The second-order valence-corrected chi connectivity index (χ2v) is 8.80. The lowest BCUT2D eigenvalue weighted by atomic mass is 10.0. The van der Waals surface area contributed by atoms with E-state index in [2.05, 4.69) is 4.98 Å². The summed E-state index contributed by atoms with van der Waals surface area (Å²) in [5.74, 6) is 3.24. The fourth-order valence-corrected chi connectivity index (χ4v) is 5.54. The fraction of sp³-hybridized carbons (Fsp3) is 0.714. The number of amides is 2. The largest absolute Gasteiger partial charge is 0.342 e. The summed E-state index contributed by atoms with van der Waals surface area (Å²) in [5.41, 5.74) is 2.20. The molecule has 0 aromatic carbocycles. The predicted molar refractivity (Wildman–Crippen MR) is 99.7 cm³/mol. The monoisotopic (exact) mass is 368 g/mol. The summed E-state index contributed by atoms with van der Waals surface area (Å²) >= 11 is 0. The van der Waals surface area contributed by atoms with Crippen LogP contribution in [0.25, 0.3) is 0 Å². The van der Waals surface area contributed by atoms with Gasteiger partial charge in [-0.3, -0.25) is 9.59 Å². The van der Waals surface area contributed by atoms with Gasteiger partial charge in [-0.25, -0.2) is 9.97 Å². The number of fused-ring (bicyclic) bond motifs is 2. The summed E-state index contributed by atoms with van der Waals surface area (Å²) in [4.78, 5) is 37.9. The average molecular weight is 368 g/mol. The summed E-state index contributed by atoms with van der Waals surface area (Å²) in [7, 11) is 0. The van der Waals surface area contributed by atoms with Crippen LogP contribution in [0.2, 0.25) is 0 Å². The minimum atomic E-state index is 0.130. The summed E-state index contributed by atoms with van der Waals surface area (Å²) in [6.07, 6.45) is 8.77. The van der Waals surface area contributed by atoms with Crippen LogP contribution in [-0.4, -0.2) is 51.2 Å². The molecule has 2 saturated carbocycles. The molecule has 5 rings (SSSR count). The highest BCUT2D eigenvalue weighted by Crippen LogP contribution is 2.56. The van der Waals surface area contributed by atoms with Gasteiger partial charge >= 0.3 is 0 Å². The molecule has 2 amide bonds. The van der Waals surface area contributed by atoms with Crippen molar-refractivity contribution in [3.63, 3.8) is 0 Å². The van der Waals surface area contributed by atoms with Gasteiger partial charge < -0.3 is 9.80 Å². The molecule has 3 fully saturated rings. The quantitative estimate of drug-likeness (QED) is 0.802. The first-order chi connectivity index (χ1) is 13.1. The molecule has 0 bridgehead atoms. The van der Waals surface area contributed by atoms with Gasteiger partial charge in [-0.1, -0.05) is 12.8 Å². The van der Waals surface area contributed by atoms with E-state index in [1.807, 2.05) is 16.0 Å². The van der Waals surface area contributed by atoms with Gasteiger partial charge in [0.1, 0.15) is 5.82 Å². The molecule has 6 nitrogen and oxygen atoms in total. The highest BCUT2D eigenvalue weighted by molar-refractivity contribution is 5.82. The van der Waals surface area contributed by atoms with E-state index in [0.29, 0.717) is 30.2 Å². The first kappa shape index (κ1) is 17.1. The molecule has 1 aromatic heterocycles. The highest BCUT2D eigenvalue weighted by atomic mass is 16.2. The molecule has 6 heteroatoms. The van der Waals surface area contributed by atoms with Crippen molar-refractivity contribution in [2.75, 3.05) is 19.6 Å². The smallest absolute Gasteiger partial charge is 0.226 e. The van der Waals surface area contributed by atoms with Gasteiger partial charge in [0.05, 0.1) is 5.69 Å². The Bertz CT molecular complexity index is 767. The third-order valence-electron chi connectivity index (χ3n) is 7.20. The molecule has 144 valence electrons. The van der Waals surface area contributed by atoms with Gasteiger partial charge in [0.2, 0.25) is 11.8 Å². The van der Waals surface area contributed by atoms with Crippen LogP contribution < -0.4 is 0 Å². The molecular weight excluding hydrogens is 340 g/mol. The van der Waals surface area contributed by atoms with Crippen LogP contribution in [0.1, 0.15) is 62.0 Å². The molecular formula is C21H28N4O2. The molecule has 27 heavy (non-hydrogen) atoms. The van der Waals surface area contributed by atoms with Crippen LogP contribution in [-0.2, 0) is 22.6 Å². The Morgan fingerprint density at radius 1 is 1.07 bits per heavy atom. The number of hydrogen-bond acceptors (Lipinski definition) is 4. The second-order valence-electron chi connectivity index (χ2n) is 8.80. The van der Waals surface area contributed by atoms with Crippen molar-refractivity contribution in [1.82, 2.24) is 19.8 Å². The Kier molecular flexibility index (Phi) is 4.17. The summed E-state index contributed by atoms with van der Waals surface area (Å²) in [6.45, 7) is 4.59. The minimum Gasteiger partial charge on any atom is -0.342 e. The molecule has 0 N–H and O–H groups in total. The first-order valence-electron chi connectivity index (χ1n) is 10.5. The van der Waals surface area contributed by atoms with Crippen molar-refractivity contribution in [2.45, 2.75) is 57.9 Å². The van der Waals surface area contributed by atoms with Gasteiger partial charge in [0.15, 0.2) is 0 Å². The summed E-state index contributed by atoms with van der Waals surface area (Å²) in [5, 5.41) is 0. The third-order valence-corrected chi connectivity index (χ3v) is 7.20. The number of likely N-dealkylation sites (tertiary alicyclic amines) is 1. The van der Waals surface area contributed by atoms with E-state index < -0.39 is 0 Å². The standard InChI is InChI=1S/C21H28N4O2/c1-13(26)24-8-6-14(11-24)20-22-10-15-12-25(9-7-18(15)23-20)21(27)19-16-4-2-3-5-17(16)19/h10,14,16-17,19H,2-9,11-12H2,1H3/t14-,16+,17+/m0/s1. The number of rotatable bonds is 2. The maximum Gasteiger partial charge on any atom is 0.226 e.